The van der Waals surface area contributed by atoms with Crippen LogP contribution in [0.25, 0.3) is 0 Å². The maximum absolute atomic E-state index is 9.69. The third-order valence-corrected chi connectivity index (χ3v) is 2.27. The van der Waals surface area contributed by atoms with E-state index in [9.17, 15) is 5.11 Å². The third-order valence-electron chi connectivity index (χ3n) is 2.27. The molecule has 0 fully saturated rings. The molecule has 0 saturated heterocycles. The van der Waals surface area contributed by atoms with Crippen LogP contribution in [0.5, 0.6) is 11.5 Å². The van der Waals surface area contributed by atoms with Crippen molar-refractivity contribution in [2.45, 2.75) is 20.4 Å². The number of nitrogens with two attached hydrogens (primary N) is 1. The second-order valence-corrected chi connectivity index (χ2v) is 3.06. The van der Waals surface area contributed by atoms with Gasteiger partial charge in [0.25, 0.3) is 0 Å². The Morgan fingerprint density at radius 3 is 2.54 bits per heavy atom. The van der Waals surface area contributed by atoms with Crippen LogP contribution in [-0.2, 0) is 6.54 Å². The van der Waals surface area contributed by atoms with Crippen LogP contribution in [-0.4, -0.2) is 12.2 Å². The van der Waals surface area contributed by atoms with Gasteiger partial charge in [-0.3, -0.25) is 0 Å². The van der Waals surface area contributed by atoms with Crippen molar-refractivity contribution in [3.8, 4) is 11.5 Å². The lowest BCUT2D eigenvalue weighted by atomic mass is 10.0. The molecule has 0 heterocycles. The van der Waals surface area contributed by atoms with E-state index in [1.807, 2.05) is 19.9 Å². The van der Waals surface area contributed by atoms with Crippen LogP contribution in [0.2, 0.25) is 0 Å². The van der Waals surface area contributed by atoms with Crippen molar-refractivity contribution in [1.29, 1.82) is 0 Å². The SMILES string of the molecule is COc1c(C)c(C)cc(CN)c1O. The summed E-state index contributed by atoms with van der Waals surface area (Å²) in [7, 11) is 1.54. The average Bonchev–Trinajstić information content (AvgIpc) is 2.12. The number of ether oxygens (including phenoxy) is 1. The van der Waals surface area contributed by atoms with Gasteiger partial charge in [-0.15, -0.1) is 0 Å². The molecule has 1 aromatic carbocycles. The maximum Gasteiger partial charge on any atom is 0.163 e. The highest BCUT2D eigenvalue weighted by Gasteiger charge is 2.11. The Morgan fingerprint density at radius 2 is 2.08 bits per heavy atom. The van der Waals surface area contributed by atoms with Crippen LogP contribution in [0.3, 0.4) is 0 Å². The first-order valence-electron chi connectivity index (χ1n) is 4.18. The van der Waals surface area contributed by atoms with Gasteiger partial charge >= 0.3 is 0 Å². The molecule has 0 unspecified atom stereocenters. The van der Waals surface area contributed by atoms with Gasteiger partial charge in [0.1, 0.15) is 0 Å². The van der Waals surface area contributed by atoms with E-state index >= 15 is 0 Å². The molecule has 0 amide bonds. The van der Waals surface area contributed by atoms with Crippen molar-refractivity contribution >= 4 is 0 Å². The molecule has 0 bridgehead atoms. The van der Waals surface area contributed by atoms with Gasteiger partial charge in [0, 0.05) is 12.1 Å². The Balaban J connectivity index is 3.39. The van der Waals surface area contributed by atoms with Crippen LogP contribution in [0.15, 0.2) is 6.07 Å². The van der Waals surface area contributed by atoms with Crippen molar-refractivity contribution in [2.24, 2.45) is 5.73 Å². The second-order valence-electron chi connectivity index (χ2n) is 3.06. The van der Waals surface area contributed by atoms with E-state index in [0.717, 1.165) is 16.7 Å². The van der Waals surface area contributed by atoms with E-state index in [4.69, 9.17) is 10.5 Å². The summed E-state index contributed by atoms with van der Waals surface area (Å²) in [4.78, 5) is 0. The summed E-state index contributed by atoms with van der Waals surface area (Å²) in [6.07, 6.45) is 0. The molecule has 1 rings (SSSR count). The van der Waals surface area contributed by atoms with Gasteiger partial charge in [0.2, 0.25) is 0 Å². The van der Waals surface area contributed by atoms with Crippen molar-refractivity contribution in [2.75, 3.05) is 7.11 Å². The zero-order valence-electron chi connectivity index (χ0n) is 8.22. The fourth-order valence-electron chi connectivity index (χ4n) is 1.35. The van der Waals surface area contributed by atoms with Crippen LogP contribution in [0.1, 0.15) is 16.7 Å². The molecule has 13 heavy (non-hydrogen) atoms. The molecule has 0 atom stereocenters. The molecule has 0 aliphatic carbocycles. The smallest absolute Gasteiger partial charge is 0.163 e. The molecule has 3 nitrogen and oxygen atoms in total. The van der Waals surface area contributed by atoms with E-state index < -0.39 is 0 Å². The summed E-state index contributed by atoms with van der Waals surface area (Å²) in [6.45, 7) is 4.20. The summed E-state index contributed by atoms with van der Waals surface area (Å²) < 4.78 is 5.09. The molecule has 0 aromatic heterocycles. The van der Waals surface area contributed by atoms with Crippen molar-refractivity contribution in [3.05, 3.63) is 22.8 Å². The zero-order chi connectivity index (χ0) is 10.0. The topological polar surface area (TPSA) is 55.5 Å². The van der Waals surface area contributed by atoms with Crippen LogP contribution in [0, 0.1) is 13.8 Å². The molecule has 0 aliphatic heterocycles. The van der Waals surface area contributed by atoms with E-state index in [1.165, 1.54) is 0 Å². The van der Waals surface area contributed by atoms with Crippen molar-refractivity contribution in [3.63, 3.8) is 0 Å². The van der Waals surface area contributed by atoms with Crippen LogP contribution in [0.4, 0.5) is 0 Å². The molecule has 0 saturated carbocycles. The first-order valence-corrected chi connectivity index (χ1v) is 4.18. The quantitative estimate of drug-likeness (QED) is 0.726. The van der Waals surface area contributed by atoms with E-state index in [-0.39, 0.29) is 5.75 Å². The van der Waals surface area contributed by atoms with E-state index in [1.54, 1.807) is 7.11 Å². The number of methoxy groups -OCH3 is 1. The predicted molar refractivity (Wildman–Crippen MR) is 52.0 cm³/mol. The van der Waals surface area contributed by atoms with Gasteiger partial charge < -0.3 is 15.6 Å². The van der Waals surface area contributed by atoms with Crippen molar-refractivity contribution < 1.29 is 9.84 Å². The fourth-order valence-corrected chi connectivity index (χ4v) is 1.35. The fraction of sp³-hybridized carbons (Fsp3) is 0.400. The van der Waals surface area contributed by atoms with Gasteiger partial charge in [0.05, 0.1) is 7.11 Å². The Hall–Kier alpha value is -1.22. The Morgan fingerprint density at radius 1 is 1.46 bits per heavy atom. The van der Waals surface area contributed by atoms with Gasteiger partial charge in [-0.1, -0.05) is 6.07 Å². The molecule has 1 aromatic rings. The molecule has 3 N–H and O–H groups in total. The highest BCUT2D eigenvalue weighted by Crippen LogP contribution is 2.35. The lowest BCUT2D eigenvalue weighted by Gasteiger charge is -2.12. The van der Waals surface area contributed by atoms with Crippen LogP contribution < -0.4 is 10.5 Å². The summed E-state index contributed by atoms with van der Waals surface area (Å²) >= 11 is 0. The van der Waals surface area contributed by atoms with Crippen molar-refractivity contribution in [1.82, 2.24) is 0 Å². The minimum absolute atomic E-state index is 0.160. The second kappa shape index (κ2) is 3.66. The third kappa shape index (κ3) is 1.60. The number of phenols is 1. The van der Waals surface area contributed by atoms with Gasteiger partial charge in [-0.25, -0.2) is 0 Å². The first kappa shape index (κ1) is 9.86. The number of hydrogen-bond acceptors (Lipinski definition) is 3. The molecule has 3 heteroatoms. The molecule has 72 valence electrons. The van der Waals surface area contributed by atoms with Crippen LogP contribution >= 0.6 is 0 Å². The first-order chi connectivity index (χ1) is 6.11. The summed E-state index contributed by atoms with van der Waals surface area (Å²) in [5, 5.41) is 9.69. The Labute approximate surface area is 78.1 Å². The lowest BCUT2D eigenvalue weighted by Crippen LogP contribution is -2.00. The number of aryl methyl sites for hydroxylation is 1. The minimum atomic E-state index is 0.160. The largest absolute Gasteiger partial charge is 0.504 e. The standard InChI is InChI=1S/C10H15NO2/c1-6-4-8(5-11)9(12)10(13-3)7(6)2/h4,12H,5,11H2,1-3H3. The summed E-state index contributed by atoms with van der Waals surface area (Å²) in [5.41, 5.74) is 8.23. The maximum atomic E-state index is 9.69. The Bertz CT molecular complexity index is 321. The van der Waals surface area contributed by atoms with Gasteiger partial charge in [-0.2, -0.15) is 0 Å². The summed E-state index contributed by atoms with van der Waals surface area (Å²) in [6, 6.07) is 1.88. The number of phenolic OH excluding ortho intramolecular Hbond substituents is 1. The van der Waals surface area contributed by atoms with E-state index in [0.29, 0.717) is 12.3 Å². The highest BCUT2D eigenvalue weighted by atomic mass is 16.5. The van der Waals surface area contributed by atoms with Gasteiger partial charge in [-0.05, 0) is 25.0 Å². The molecule has 0 radical (unpaired) electrons. The number of benzene rings is 1. The molecular formula is C10H15NO2. The Kier molecular flexibility index (Phi) is 2.78. The monoisotopic (exact) mass is 181 g/mol. The summed E-state index contributed by atoms with van der Waals surface area (Å²) in [5.74, 6) is 0.688. The number of hydrogen-bond donors (Lipinski definition) is 2. The molecule has 0 spiro atoms. The average molecular weight is 181 g/mol. The minimum Gasteiger partial charge on any atom is -0.504 e. The highest BCUT2D eigenvalue weighted by molar-refractivity contribution is 5.53. The normalized spacial score (nSPS) is 10.2. The number of rotatable bonds is 2. The van der Waals surface area contributed by atoms with E-state index in [2.05, 4.69) is 0 Å². The lowest BCUT2D eigenvalue weighted by molar-refractivity contribution is 0.367. The number of aromatic hydroxyl groups is 1. The predicted octanol–water partition coefficient (Wildman–Crippen LogP) is 1.48. The molecular weight excluding hydrogens is 166 g/mol. The van der Waals surface area contributed by atoms with Gasteiger partial charge in [0.15, 0.2) is 11.5 Å². The molecule has 0 aliphatic rings. The zero-order valence-corrected chi connectivity index (χ0v) is 8.22.